The molecule has 0 aliphatic heterocycles. The van der Waals surface area contributed by atoms with E-state index in [0.717, 1.165) is 30.8 Å². The lowest BCUT2D eigenvalue weighted by Gasteiger charge is -2.12. The van der Waals surface area contributed by atoms with E-state index in [4.69, 9.17) is 28.6 Å². The molecule has 0 fully saturated rings. The third kappa shape index (κ3) is 6.38. The van der Waals surface area contributed by atoms with Crippen LogP contribution in [-0.4, -0.2) is 17.8 Å². The van der Waals surface area contributed by atoms with E-state index in [-0.39, 0.29) is 6.10 Å². The van der Waals surface area contributed by atoms with Crippen LogP contribution in [0.5, 0.6) is 5.75 Å². The molecule has 2 aromatic carbocycles. The van der Waals surface area contributed by atoms with Gasteiger partial charge in [0.05, 0.1) is 16.8 Å². The summed E-state index contributed by atoms with van der Waals surface area (Å²) in [5, 5.41) is 7.55. The van der Waals surface area contributed by atoms with Gasteiger partial charge in [-0.3, -0.25) is 0 Å². The first-order chi connectivity index (χ1) is 11.5. The molecule has 24 heavy (non-hydrogen) atoms. The lowest BCUT2D eigenvalue weighted by Crippen LogP contribution is -2.29. The van der Waals surface area contributed by atoms with Crippen LogP contribution in [0.15, 0.2) is 48.5 Å². The topological polar surface area (TPSA) is 33.3 Å². The lowest BCUT2D eigenvalue weighted by molar-refractivity contribution is 0.242. The molecule has 0 unspecified atom stereocenters. The molecule has 0 atom stereocenters. The standard InChI is InChI=1S/C19H23ClN2OS/c1-14(2)23-16-9-5-7-15(13-16)8-6-12-21-19(24)22-18-11-4-3-10-17(18)20/h3-5,7,9-11,13-14H,6,8,12H2,1-2H3,(H2,21,22,24). The number of aryl methyl sites for hydroxylation is 1. The van der Waals surface area contributed by atoms with Crippen LogP contribution in [0.3, 0.4) is 0 Å². The number of hydrogen-bond donors (Lipinski definition) is 2. The van der Waals surface area contributed by atoms with Crippen LogP contribution < -0.4 is 15.4 Å². The Bertz CT molecular complexity index is 676. The van der Waals surface area contributed by atoms with Gasteiger partial charge in [-0.1, -0.05) is 35.9 Å². The summed E-state index contributed by atoms with van der Waals surface area (Å²) in [5.74, 6) is 0.923. The van der Waals surface area contributed by atoms with E-state index in [1.807, 2.05) is 50.2 Å². The van der Waals surface area contributed by atoms with Gasteiger partial charge in [0.2, 0.25) is 0 Å². The van der Waals surface area contributed by atoms with E-state index in [1.165, 1.54) is 5.56 Å². The summed E-state index contributed by atoms with van der Waals surface area (Å²) in [5.41, 5.74) is 2.08. The van der Waals surface area contributed by atoms with Gasteiger partial charge in [-0.2, -0.15) is 0 Å². The maximum absolute atomic E-state index is 6.10. The van der Waals surface area contributed by atoms with E-state index in [0.29, 0.717) is 10.1 Å². The number of hydrogen-bond acceptors (Lipinski definition) is 2. The lowest BCUT2D eigenvalue weighted by atomic mass is 10.1. The van der Waals surface area contributed by atoms with Crippen molar-refractivity contribution in [1.29, 1.82) is 0 Å². The molecule has 0 aromatic heterocycles. The van der Waals surface area contributed by atoms with Crippen LogP contribution in [0.2, 0.25) is 5.02 Å². The first kappa shape index (κ1) is 18.6. The smallest absolute Gasteiger partial charge is 0.170 e. The van der Waals surface area contributed by atoms with E-state index < -0.39 is 0 Å². The number of benzene rings is 2. The highest BCUT2D eigenvalue weighted by atomic mass is 35.5. The van der Waals surface area contributed by atoms with Crippen LogP contribution in [0, 0.1) is 0 Å². The molecule has 0 heterocycles. The second-order valence-corrected chi connectivity index (χ2v) is 6.59. The Morgan fingerprint density at radius 2 is 1.96 bits per heavy atom. The van der Waals surface area contributed by atoms with Gasteiger partial charge in [-0.05, 0) is 68.7 Å². The van der Waals surface area contributed by atoms with Crippen LogP contribution in [0.4, 0.5) is 5.69 Å². The van der Waals surface area contributed by atoms with Gasteiger partial charge in [0.15, 0.2) is 5.11 Å². The number of ether oxygens (including phenoxy) is 1. The molecule has 2 rings (SSSR count). The second kappa shape index (κ2) is 9.50. The van der Waals surface area contributed by atoms with Gasteiger partial charge in [-0.25, -0.2) is 0 Å². The number of para-hydroxylation sites is 1. The van der Waals surface area contributed by atoms with Crippen molar-refractivity contribution in [2.75, 3.05) is 11.9 Å². The molecule has 3 nitrogen and oxygen atoms in total. The van der Waals surface area contributed by atoms with Crippen molar-refractivity contribution in [3.8, 4) is 5.75 Å². The summed E-state index contributed by atoms with van der Waals surface area (Å²) in [6, 6.07) is 15.8. The summed E-state index contributed by atoms with van der Waals surface area (Å²) < 4.78 is 5.72. The van der Waals surface area contributed by atoms with Gasteiger partial charge >= 0.3 is 0 Å². The van der Waals surface area contributed by atoms with E-state index in [1.54, 1.807) is 0 Å². The van der Waals surface area contributed by atoms with Crippen molar-refractivity contribution in [2.45, 2.75) is 32.8 Å². The Hall–Kier alpha value is -1.78. The number of thiocarbonyl (C=S) groups is 1. The van der Waals surface area contributed by atoms with Crippen molar-refractivity contribution in [1.82, 2.24) is 5.32 Å². The van der Waals surface area contributed by atoms with Crippen molar-refractivity contribution in [3.63, 3.8) is 0 Å². The predicted molar refractivity (Wildman–Crippen MR) is 106 cm³/mol. The summed E-state index contributed by atoms with van der Waals surface area (Å²) >= 11 is 11.4. The predicted octanol–water partition coefficient (Wildman–Crippen LogP) is 5.05. The van der Waals surface area contributed by atoms with Crippen molar-refractivity contribution in [2.24, 2.45) is 0 Å². The molecule has 0 aliphatic carbocycles. The third-order valence-electron chi connectivity index (χ3n) is 3.32. The molecule has 2 N–H and O–H groups in total. The zero-order chi connectivity index (χ0) is 17.4. The zero-order valence-electron chi connectivity index (χ0n) is 14.0. The van der Waals surface area contributed by atoms with E-state index in [9.17, 15) is 0 Å². The van der Waals surface area contributed by atoms with Crippen molar-refractivity contribution < 1.29 is 4.74 Å². The molecule has 0 amide bonds. The molecule has 0 bridgehead atoms. The van der Waals surface area contributed by atoms with Gasteiger partial charge in [-0.15, -0.1) is 0 Å². The number of nitrogens with one attached hydrogen (secondary N) is 2. The molecular formula is C19H23ClN2OS. The highest BCUT2D eigenvalue weighted by Crippen LogP contribution is 2.20. The quantitative estimate of drug-likeness (QED) is 0.533. The highest BCUT2D eigenvalue weighted by Gasteiger charge is 2.02. The minimum absolute atomic E-state index is 0.190. The van der Waals surface area contributed by atoms with E-state index in [2.05, 4.69) is 22.8 Å². The summed E-state index contributed by atoms with van der Waals surface area (Å²) in [6.07, 6.45) is 2.14. The first-order valence-corrected chi connectivity index (χ1v) is 8.88. The van der Waals surface area contributed by atoms with Crippen molar-refractivity contribution in [3.05, 3.63) is 59.1 Å². The maximum atomic E-state index is 6.10. The normalized spacial score (nSPS) is 10.5. The van der Waals surface area contributed by atoms with Gasteiger partial charge in [0.1, 0.15) is 5.75 Å². The molecule has 0 radical (unpaired) electrons. The Balaban J connectivity index is 1.73. The first-order valence-electron chi connectivity index (χ1n) is 8.09. The largest absolute Gasteiger partial charge is 0.491 e. The molecule has 0 saturated carbocycles. The maximum Gasteiger partial charge on any atom is 0.170 e. The summed E-state index contributed by atoms with van der Waals surface area (Å²) in [7, 11) is 0. The highest BCUT2D eigenvalue weighted by molar-refractivity contribution is 7.80. The summed E-state index contributed by atoms with van der Waals surface area (Å²) in [4.78, 5) is 0. The molecule has 128 valence electrons. The molecule has 0 aliphatic rings. The molecule has 2 aromatic rings. The zero-order valence-corrected chi connectivity index (χ0v) is 15.6. The second-order valence-electron chi connectivity index (χ2n) is 5.78. The summed E-state index contributed by atoms with van der Waals surface area (Å²) in [6.45, 7) is 4.86. The minimum Gasteiger partial charge on any atom is -0.491 e. The van der Waals surface area contributed by atoms with Crippen LogP contribution in [0.25, 0.3) is 0 Å². The third-order valence-corrected chi connectivity index (χ3v) is 3.90. The monoisotopic (exact) mass is 362 g/mol. The van der Waals surface area contributed by atoms with Crippen LogP contribution in [-0.2, 0) is 6.42 Å². The molecule has 0 spiro atoms. The average Bonchev–Trinajstić information content (AvgIpc) is 2.53. The van der Waals surface area contributed by atoms with Crippen LogP contribution in [0.1, 0.15) is 25.8 Å². The number of halogens is 1. The van der Waals surface area contributed by atoms with E-state index >= 15 is 0 Å². The molecular weight excluding hydrogens is 340 g/mol. The minimum atomic E-state index is 0.190. The van der Waals surface area contributed by atoms with Crippen molar-refractivity contribution >= 4 is 34.6 Å². The van der Waals surface area contributed by atoms with Gasteiger partial charge in [0, 0.05) is 6.54 Å². The Labute approximate surface area is 154 Å². The Morgan fingerprint density at radius 1 is 1.17 bits per heavy atom. The fraction of sp³-hybridized carbons (Fsp3) is 0.316. The fourth-order valence-corrected chi connectivity index (χ4v) is 2.66. The number of anilines is 1. The van der Waals surface area contributed by atoms with Gasteiger partial charge in [0.25, 0.3) is 0 Å². The Kier molecular flexibility index (Phi) is 7.35. The van der Waals surface area contributed by atoms with Crippen LogP contribution >= 0.6 is 23.8 Å². The SMILES string of the molecule is CC(C)Oc1cccc(CCCNC(=S)Nc2ccccc2Cl)c1. The average molecular weight is 363 g/mol. The molecule has 5 heteroatoms. The number of rotatable bonds is 7. The van der Waals surface area contributed by atoms with Gasteiger partial charge < -0.3 is 15.4 Å². The Morgan fingerprint density at radius 3 is 2.71 bits per heavy atom. The fourth-order valence-electron chi connectivity index (χ4n) is 2.27. The molecule has 0 saturated heterocycles.